The molecule has 6 heteroatoms. The van der Waals surface area contributed by atoms with Crippen molar-refractivity contribution in [2.45, 2.75) is 45.4 Å². The molecule has 2 atom stereocenters. The molecule has 0 saturated carbocycles. The van der Waals surface area contributed by atoms with Crippen LogP contribution in [0.2, 0.25) is 5.02 Å². The number of ether oxygens (including phenoxy) is 2. The maximum Gasteiger partial charge on any atom is 0.0857 e. The lowest BCUT2D eigenvalue weighted by atomic mass is 9.90. The fourth-order valence-corrected chi connectivity index (χ4v) is 2.54. The van der Waals surface area contributed by atoms with Gasteiger partial charge in [-0.05, 0) is 19.9 Å². The monoisotopic (exact) mass is 303 g/mol. The van der Waals surface area contributed by atoms with Crippen LogP contribution in [0.5, 0.6) is 0 Å². The summed E-state index contributed by atoms with van der Waals surface area (Å²) in [7, 11) is 3.41. The van der Waals surface area contributed by atoms with Gasteiger partial charge in [-0.25, -0.2) is 0 Å². The molecule has 0 amide bonds. The maximum atomic E-state index is 6.35. The first kappa shape index (κ1) is 17.4. The van der Waals surface area contributed by atoms with Gasteiger partial charge in [-0.3, -0.25) is 4.68 Å². The number of nitrogens with one attached hydrogen (secondary N) is 1. The van der Waals surface area contributed by atoms with Crippen LogP contribution in [-0.2, 0) is 16.0 Å². The number of aromatic nitrogens is 2. The number of hydrogen-bond acceptors (Lipinski definition) is 4. The molecule has 0 aliphatic rings. The van der Waals surface area contributed by atoms with Gasteiger partial charge in [0.05, 0.1) is 41.7 Å². The molecule has 0 spiro atoms. The summed E-state index contributed by atoms with van der Waals surface area (Å²) >= 11 is 6.35. The number of halogens is 1. The molecule has 2 unspecified atom stereocenters. The van der Waals surface area contributed by atoms with E-state index in [1.54, 1.807) is 20.4 Å². The van der Waals surface area contributed by atoms with Gasteiger partial charge in [-0.2, -0.15) is 5.10 Å². The number of hydrogen-bond donors (Lipinski definition) is 1. The van der Waals surface area contributed by atoms with Gasteiger partial charge in [0.2, 0.25) is 0 Å². The molecule has 1 heterocycles. The van der Waals surface area contributed by atoms with Crippen molar-refractivity contribution in [3.05, 3.63) is 16.9 Å². The zero-order chi connectivity index (χ0) is 15.2. The third-order valence-electron chi connectivity index (χ3n) is 3.80. The van der Waals surface area contributed by atoms with E-state index < -0.39 is 0 Å². The minimum Gasteiger partial charge on any atom is -0.383 e. The molecule has 1 N–H and O–H groups in total. The first-order valence-electron chi connectivity index (χ1n) is 7.02. The van der Waals surface area contributed by atoms with Crippen molar-refractivity contribution in [2.75, 3.05) is 27.4 Å². The number of nitrogens with zero attached hydrogens (tertiary/aromatic N) is 2. The molecule has 0 aromatic carbocycles. The molecule has 0 aliphatic heterocycles. The van der Waals surface area contributed by atoms with Crippen molar-refractivity contribution >= 4 is 11.6 Å². The van der Waals surface area contributed by atoms with Crippen molar-refractivity contribution < 1.29 is 9.47 Å². The highest BCUT2D eigenvalue weighted by molar-refractivity contribution is 6.31. The molecule has 0 bridgehead atoms. The van der Waals surface area contributed by atoms with Gasteiger partial charge in [0.25, 0.3) is 0 Å². The van der Waals surface area contributed by atoms with Crippen LogP contribution in [0.25, 0.3) is 0 Å². The average molecular weight is 304 g/mol. The Morgan fingerprint density at radius 1 is 1.45 bits per heavy atom. The fourth-order valence-electron chi connectivity index (χ4n) is 2.29. The van der Waals surface area contributed by atoms with Gasteiger partial charge in [-0.1, -0.05) is 25.4 Å². The number of likely N-dealkylation sites (N-methyl/N-ethyl adjacent to an activating group) is 1. The van der Waals surface area contributed by atoms with Gasteiger partial charge in [0.1, 0.15) is 0 Å². The maximum absolute atomic E-state index is 6.35. The highest BCUT2D eigenvalue weighted by atomic mass is 35.5. The van der Waals surface area contributed by atoms with Crippen molar-refractivity contribution in [3.8, 4) is 0 Å². The van der Waals surface area contributed by atoms with Crippen LogP contribution < -0.4 is 5.32 Å². The Labute approximate surface area is 126 Å². The zero-order valence-electron chi connectivity index (χ0n) is 13.1. The van der Waals surface area contributed by atoms with Crippen molar-refractivity contribution in [1.82, 2.24) is 15.1 Å². The third kappa shape index (κ3) is 3.73. The highest BCUT2D eigenvalue weighted by Crippen LogP contribution is 2.35. The van der Waals surface area contributed by atoms with Gasteiger partial charge in [0.15, 0.2) is 0 Å². The van der Waals surface area contributed by atoms with E-state index in [1.807, 2.05) is 4.68 Å². The van der Waals surface area contributed by atoms with Gasteiger partial charge in [-0.15, -0.1) is 0 Å². The minimum atomic E-state index is -0.343. The van der Waals surface area contributed by atoms with E-state index in [0.717, 1.165) is 18.7 Å². The van der Waals surface area contributed by atoms with Crippen molar-refractivity contribution in [1.29, 1.82) is 0 Å². The molecule has 0 fully saturated rings. The van der Waals surface area contributed by atoms with Crippen LogP contribution in [0.4, 0.5) is 0 Å². The zero-order valence-corrected chi connectivity index (χ0v) is 13.8. The Kier molecular flexibility index (Phi) is 6.95. The van der Waals surface area contributed by atoms with E-state index in [2.05, 4.69) is 31.2 Å². The molecule has 0 radical (unpaired) electrons. The summed E-state index contributed by atoms with van der Waals surface area (Å²) < 4.78 is 12.8. The molecule has 1 aromatic heterocycles. The van der Waals surface area contributed by atoms with Crippen LogP contribution in [0.15, 0.2) is 6.20 Å². The first-order valence-corrected chi connectivity index (χ1v) is 7.40. The van der Waals surface area contributed by atoms with Crippen LogP contribution in [-0.4, -0.2) is 42.8 Å². The van der Waals surface area contributed by atoms with E-state index in [0.29, 0.717) is 18.2 Å². The lowest BCUT2D eigenvalue weighted by molar-refractivity contribution is -0.0320. The molecular weight excluding hydrogens is 278 g/mol. The molecule has 116 valence electrons. The fraction of sp³-hybridized carbons (Fsp3) is 0.786. The molecule has 1 rings (SSSR count). The lowest BCUT2D eigenvalue weighted by Crippen LogP contribution is -2.44. The summed E-state index contributed by atoms with van der Waals surface area (Å²) in [5, 5.41) is 8.48. The average Bonchev–Trinajstić information content (AvgIpc) is 2.82. The normalized spacial score (nSPS) is 16.1. The minimum absolute atomic E-state index is 0.0191. The number of rotatable bonds is 9. The van der Waals surface area contributed by atoms with E-state index in [-0.39, 0.29) is 11.6 Å². The van der Waals surface area contributed by atoms with Crippen LogP contribution >= 0.6 is 11.6 Å². The topological polar surface area (TPSA) is 48.3 Å². The molecule has 5 nitrogen and oxygen atoms in total. The molecule has 0 saturated heterocycles. The predicted molar refractivity (Wildman–Crippen MR) is 81.2 cm³/mol. The van der Waals surface area contributed by atoms with Gasteiger partial charge in [0, 0.05) is 14.2 Å². The summed E-state index contributed by atoms with van der Waals surface area (Å²) in [5.41, 5.74) is 0.613. The summed E-state index contributed by atoms with van der Waals surface area (Å²) in [6, 6.07) is -0.0191. The van der Waals surface area contributed by atoms with E-state index in [1.165, 1.54) is 0 Å². The predicted octanol–water partition coefficient (Wildman–Crippen LogP) is 2.65. The summed E-state index contributed by atoms with van der Waals surface area (Å²) in [6.07, 6.45) is 2.55. The van der Waals surface area contributed by atoms with E-state index in [4.69, 9.17) is 21.1 Å². The van der Waals surface area contributed by atoms with Crippen LogP contribution in [0, 0.1) is 0 Å². The molecule has 1 aromatic rings. The summed E-state index contributed by atoms with van der Waals surface area (Å²) in [5.74, 6) is 0. The second kappa shape index (κ2) is 7.98. The second-order valence-electron chi connectivity index (χ2n) is 4.95. The first-order chi connectivity index (χ1) is 9.53. The molecule has 20 heavy (non-hydrogen) atoms. The van der Waals surface area contributed by atoms with Gasteiger partial charge >= 0.3 is 0 Å². The third-order valence-corrected chi connectivity index (χ3v) is 4.09. The summed E-state index contributed by atoms with van der Waals surface area (Å²) in [6.45, 7) is 8.36. The Morgan fingerprint density at radius 3 is 2.65 bits per heavy atom. The van der Waals surface area contributed by atoms with E-state index >= 15 is 0 Å². The Bertz CT molecular complexity index is 405. The SMILES string of the molecule is CCNC(c1c(Cl)cnn1CCOC)C(C)(CC)OC. The van der Waals surface area contributed by atoms with Crippen LogP contribution in [0.1, 0.15) is 38.9 Å². The standard InChI is InChI=1S/C14H26ClN3O2/c1-6-14(3,20-5)13(16-7-2)12-11(15)10-17-18(12)8-9-19-4/h10,13,16H,6-9H2,1-5H3. The molecule has 0 aliphatic carbocycles. The number of methoxy groups -OCH3 is 2. The smallest absolute Gasteiger partial charge is 0.0857 e. The second-order valence-corrected chi connectivity index (χ2v) is 5.36. The van der Waals surface area contributed by atoms with Crippen LogP contribution in [0.3, 0.4) is 0 Å². The largest absolute Gasteiger partial charge is 0.383 e. The lowest BCUT2D eigenvalue weighted by Gasteiger charge is -2.36. The van der Waals surface area contributed by atoms with Crippen molar-refractivity contribution in [3.63, 3.8) is 0 Å². The highest BCUT2D eigenvalue weighted by Gasteiger charge is 2.36. The Balaban J connectivity index is 3.17. The van der Waals surface area contributed by atoms with Crippen molar-refractivity contribution in [2.24, 2.45) is 0 Å². The summed E-state index contributed by atoms with van der Waals surface area (Å²) in [4.78, 5) is 0. The molecular formula is C14H26ClN3O2. The quantitative estimate of drug-likeness (QED) is 0.762. The van der Waals surface area contributed by atoms with E-state index in [9.17, 15) is 0 Å². The Hall–Kier alpha value is -0.620. The van der Waals surface area contributed by atoms with Gasteiger partial charge < -0.3 is 14.8 Å². The Morgan fingerprint density at radius 2 is 2.15 bits per heavy atom.